The van der Waals surface area contributed by atoms with Gasteiger partial charge in [0.1, 0.15) is 0 Å². The first kappa shape index (κ1) is 21.3. The van der Waals surface area contributed by atoms with Crippen LogP contribution < -0.4 is 0 Å². The van der Waals surface area contributed by atoms with Gasteiger partial charge >= 0.3 is 0 Å². The van der Waals surface area contributed by atoms with Gasteiger partial charge in [0.05, 0.1) is 0 Å². The van der Waals surface area contributed by atoms with Gasteiger partial charge in [-0.15, -0.1) is 11.6 Å². The molecule has 3 unspecified atom stereocenters. The smallest absolute Gasteiger partial charge is 0.0373 e. The molecule has 4 rings (SSSR count). The SMILES string of the molecule is CC(C)CCCC(C)C1CC[C@H]2[C@@H]3CC=C4C[C@@H](Cl)CC[C@]4(C)C3CC[C@]12C. The number of allylic oxidation sites excluding steroid dienone is 2. The van der Waals surface area contributed by atoms with Crippen molar-refractivity contribution in [1.29, 1.82) is 0 Å². The van der Waals surface area contributed by atoms with Gasteiger partial charge < -0.3 is 0 Å². The summed E-state index contributed by atoms with van der Waals surface area (Å²) in [6, 6.07) is 0. The van der Waals surface area contributed by atoms with Gasteiger partial charge in [-0.2, -0.15) is 0 Å². The highest BCUT2D eigenvalue weighted by molar-refractivity contribution is 6.20. The summed E-state index contributed by atoms with van der Waals surface area (Å²) in [5, 5.41) is 0.396. The zero-order valence-electron chi connectivity index (χ0n) is 19.3. The zero-order chi connectivity index (χ0) is 20.1. The Hall–Kier alpha value is 0.0300. The number of rotatable bonds is 5. The topological polar surface area (TPSA) is 0 Å². The van der Waals surface area contributed by atoms with E-state index in [0.29, 0.717) is 16.2 Å². The van der Waals surface area contributed by atoms with Crippen molar-refractivity contribution >= 4 is 11.6 Å². The maximum atomic E-state index is 6.56. The predicted octanol–water partition coefficient (Wildman–Crippen LogP) is 8.64. The van der Waals surface area contributed by atoms with Gasteiger partial charge in [0.15, 0.2) is 0 Å². The standard InChI is InChI=1S/C27H45Cl/c1-18(2)7-6-8-19(3)23-11-12-24-22-10-9-20-17-21(28)13-15-26(20,4)25(22)14-16-27(23,24)5/h9,18-19,21-25H,6-8,10-17H2,1-5H3/t19?,21-,22-,23?,24-,25?,26-,27+/m0/s1. The van der Waals surface area contributed by atoms with E-state index < -0.39 is 0 Å². The van der Waals surface area contributed by atoms with Crippen molar-refractivity contribution in [1.82, 2.24) is 0 Å². The Labute approximate surface area is 180 Å². The molecule has 0 N–H and O–H groups in total. The van der Waals surface area contributed by atoms with E-state index in [1.807, 2.05) is 0 Å². The van der Waals surface area contributed by atoms with Crippen LogP contribution in [0.3, 0.4) is 0 Å². The highest BCUT2D eigenvalue weighted by atomic mass is 35.5. The van der Waals surface area contributed by atoms with Crippen molar-refractivity contribution in [3.8, 4) is 0 Å². The molecule has 0 nitrogen and oxygen atoms in total. The summed E-state index contributed by atoms with van der Waals surface area (Å²) in [6.45, 7) is 12.7. The van der Waals surface area contributed by atoms with Crippen LogP contribution in [-0.4, -0.2) is 5.38 Å². The van der Waals surface area contributed by atoms with Crippen molar-refractivity contribution in [2.45, 2.75) is 111 Å². The minimum atomic E-state index is 0.396. The largest absolute Gasteiger partial charge is 0.123 e. The van der Waals surface area contributed by atoms with Gasteiger partial charge in [-0.1, -0.05) is 65.5 Å². The van der Waals surface area contributed by atoms with E-state index in [4.69, 9.17) is 11.6 Å². The second-order valence-corrected chi connectivity index (χ2v) is 12.7. The fourth-order valence-electron chi connectivity index (χ4n) is 8.64. The van der Waals surface area contributed by atoms with Crippen LogP contribution in [0.15, 0.2) is 11.6 Å². The van der Waals surface area contributed by atoms with Gasteiger partial charge in [-0.05, 0) is 97.7 Å². The molecule has 0 heterocycles. The van der Waals surface area contributed by atoms with E-state index in [9.17, 15) is 0 Å². The number of hydrogen-bond donors (Lipinski definition) is 0. The van der Waals surface area contributed by atoms with Crippen LogP contribution >= 0.6 is 11.6 Å². The van der Waals surface area contributed by atoms with Crippen LogP contribution in [0.4, 0.5) is 0 Å². The molecule has 0 saturated heterocycles. The second-order valence-electron chi connectivity index (χ2n) is 12.1. The minimum Gasteiger partial charge on any atom is -0.123 e. The lowest BCUT2D eigenvalue weighted by Gasteiger charge is -2.58. The third-order valence-corrected chi connectivity index (χ3v) is 10.6. The summed E-state index contributed by atoms with van der Waals surface area (Å²) in [4.78, 5) is 0. The summed E-state index contributed by atoms with van der Waals surface area (Å²) in [5.41, 5.74) is 2.82. The van der Waals surface area contributed by atoms with Crippen molar-refractivity contribution in [2.75, 3.05) is 0 Å². The summed E-state index contributed by atoms with van der Waals surface area (Å²) in [5.74, 6) is 5.62. The molecule has 4 aliphatic rings. The molecule has 0 aliphatic heterocycles. The van der Waals surface area contributed by atoms with Gasteiger partial charge in [0, 0.05) is 5.38 Å². The van der Waals surface area contributed by atoms with E-state index in [1.165, 1.54) is 70.6 Å². The maximum Gasteiger partial charge on any atom is 0.0373 e. The third kappa shape index (κ3) is 3.52. The van der Waals surface area contributed by atoms with E-state index in [1.54, 1.807) is 5.57 Å². The fourth-order valence-corrected chi connectivity index (χ4v) is 8.92. The molecule has 8 atom stereocenters. The molecule has 0 amide bonds. The Bertz CT molecular complexity index is 591. The fraction of sp³-hybridized carbons (Fsp3) is 0.926. The molecule has 3 saturated carbocycles. The monoisotopic (exact) mass is 404 g/mol. The Morgan fingerprint density at radius 1 is 1.00 bits per heavy atom. The van der Waals surface area contributed by atoms with Gasteiger partial charge in [0.2, 0.25) is 0 Å². The van der Waals surface area contributed by atoms with E-state index in [2.05, 4.69) is 40.7 Å². The van der Waals surface area contributed by atoms with Crippen molar-refractivity contribution in [2.24, 2.45) is 46.3 Å². The molecule has 28 heavy (non-hydrogen) atoms. The summed E-state index contributed by atoms with van der Waals surface area (Å²) in [6.07, 6.45) is 18.0. The van der Waals surface area contributed by atoms with Gasteiger partial charge in [0.25, 0.3) is 0 Å². The molecule has 0 aromatic heterocycles. The quantitative estimate of drug-likeness (QED) is 0.317. The first-order chi connectivity index (χ1) is 13.3. The van der Waals surface area contributed by atoms with Crippen LogP contribution in [0.1, 0.15) is 105 Å². The van der Waals surface area contributed by atoms with Crippen LogP contribution in [0.2, 0.25) is 0 Å². The molecular formula is C27H45Cl. The molecule has 0 bridgehead atoms. The molecule has 3 fully saturated rings. The number of hydrogen-bond acceptors (Lipinski definition) is 0. The van der Waals surface area contributed by atoms with Gasteiger partial charge in [-0.25, -0.2) is 0 Å². The predicted molar refractivity (Wildman–Crippen MR) is 123 cm³/mol. The van der Waals surface area contributed by atoms with Crippen LogP contribution in [-0.2, 0) is 0 Å². The first-order valence-corrected chi connectivity index (χ1v) is 13.0. The summed E-state index contributed by atoms with van der Waals surface area (Å²) < 4.78 is 0. The Kier molecular flexibility index (Phi) is 6.03. The molecule has 0 radical (unpaired) electrons. The van der Waals surface area contributed by atoms with Crippen molar-refractivity contribution in [3.63, 3.8) is 0 Å². The van der Waals surface area contributed by atoms with Crippen LogP contribution in [0.25, 0.3) is 0 Å². The van der Waals surface area contributed by atoms with E-state index in [-0.39, 0.29) is 0 Å². The lowest BCUT2D eigenvalue weighted by molar-refractivity contribution is -0.0498. The number of alkyl halides is 1. The molecule has 0 aromatic carbocycles. The number of halogens is 1. The molecule has 4 aliphatic carbocycles. The van der Waals surface area contributed by atoms with Crippen LogP contribution in [0, 0.1) is 46.3 Å². The molecular weight excluding hydrogens is 360 g/mol. The normalized spacial score (nSPS) is 46.5. The highest BCUT2D eigenvalue weighted by Crippen LogP contribution is 2.67. The molecule has 0 aromatic rings. The van der Waals surface area contributed by atoms with Crippen molar-refractivity contribution in [3.05, 3.63) is 11.6 Å². The maximum absolute atomic E-state index is 6.56. The molecule has 1 heteroatoms. The number of fused-ring (bicyclic) bond motifs is 5. The first-order valence-electron chi connectivity index (χ1n) is 12.6. The highest BCUT2D eigenvalue weighted by Gasteiger charge is 2.58. The molecule has 0 spiro atoms. The summed E-state index contributed by atoms with van der Waals surface area (Å²) >= 11 is 6.56. The average molecular weight is 405 g/mol. The van der Waals surface area contributed by atoms with Crippen LogP contribution in [0.5, 0.6) is 0 Å². The zero-order valence-corrected chi connectivity index (χ0v) is 20.0. The minimum absolute atomic E-state index is 0.396. The van der Waals surface area contributed by atoms with E-state index in [0.717, 1.165) is 35.5 Å². The lowest BCUT2D eigenvalue weighted by Crippen LogP contribution is -2.50. The van der Waals surface area contributed by atoms with Gasteiger partial charge in [-0.3, -0.25) is 0 Å². The Morgan fingerprint density at radius 2 is 1.79 bits per heavy atom. The van der Waals surface area contributed by atoms with E-state index >= 15 is 0 Å². The summed E-state index contributed by atoms with van der Waals surface area (Å²) in [7, 11) is 0. The average Bonchev–Trinajstić information content (AvgIpc) is 2.99. The van der Waals surface area contributed by atoms with Crippen molar-refractivity contribution < 1.29 is 0 Å². The Morgan fingerprint density at radius 3 is 2.54 bits per heavy atom. The molecule has 160 valence electrons. The third-order valence-electron chi connectivity index (χ3n) is 10.2. The Balaban J connectivity index is 1.49. The lowest BCUT2D eigenvalue weighted by atomic mass is 9.47. The second kappa shape index (κ2) is 7.94.